The number of fused-ring (bicyclic) bond motifs is 3. The number of pyridine rings is 1. The quantitative estimate of drug-likeness (QED) is 0.424. The lowest BCUT2D eigenvalue weighted by Crippen LogP contribution is -2.33. The average Bonchev–Trinajstić information content (AvgIpc) is 3.14. The molecule has 0 N–H and O–H groups in total. The second-order valence-electron chi connectivity index (χ2n) is 7.07. The second-order valence-corrected chi connectivity index (χ2v) is 8.84. The minimum Gasteiger partial charge on any atom is -0.463 e. The lowest BCUT2D eigenvalue weighted by atomic mass is 9.95. The highest BCUT2D eigenvalue weighted by Gasteiger charge is 2.41. The molecule has 0 bridgehead atoms. The van der Waals surface area contributed by atoms with Gasteiger partial charge in [-0.25, -0.2) is 5.01 Å². The topological polar surface area (TPSA) is 37.7 Å². The zero-order valence-electron chi connectivity index (χ0n) is 15.1. The van der Waals surface area contributed by atoms with Crippen LogP contribution in [0, 0.1) is 6.92 Å². The van der Waals surface area contributed by atoms with Crippen molar-refractivity contribution in [1.29, 1.82) is 0 Å². The van der Waals surface area contributed by atoms with Gasteiger partial charge in [-0.3, -0.25) is 4.98 Å². The van der Waals surface area contributed by atoms with Gasteiger partial charge in [-0.2, -0.15) is 5.10 Å². The van der Waals surface area contributed by atoms with Crippen molar-refractivity contribution in [3.8, 4) is 5.75 Å². The summed E-state index contributed by atoms with van der Waals surface area (Å²) in [7, 11) is 0. The first-order valence-electron chi connectivity index (χ1n) is 9.08. The Morgan fingerprint density at radius 3 is 2.54 bits per heavy atom. The molecule has 0 saturated carbocycles. The molecule has 2 atom stereocenters. The van der Waals surface area contributed by atoms with Gasteiger partial charge in [0, 0.05) is 34.4 Å². The fraction of sp³-hybridized carbons (Fsp3) is 0.182. The Labute approximate surface area is 180 Å². The highest BCUT2D eigenvalue weighted by atomic mass is 79.9. The van der Waals surface area contributed by atoms with Crippen LogP contribution in [0.1, 0.15) is 40.9 Å². The molecule has 1 aromatic heterocycles. The molecule has 0 spiro atoms. The van der Waals surface area contributed by atoms with Crippen LogP contribution in [0.3, 0.4) is 0 Å². The van der Waals surface area contributed by atoms with Crippen LogP contribution >= 0.6 is 31.9 Å². The number of aryl methyl sites for hydroxylation is 1. The first kappa shape index (κ1) is 17.9. The summed E-state index contributed by atoms with van der Waals surface area (Å²) in [5.41, 5.74) is 5.66. The van der Waals surface area contributed by atoms with Crippen LogP contribution in [0.2, 0.25) is 0 Å². The number of hydrogen-bond donors (Lipinski definition) is 0. The number of halogens is 2. The van der Waals surface area contributed by atoms with Crippen molar-refractivity contribution in [2.24, 2.45) is 5.10 Å². The number of nitrogens with zero attached hydrogens (tertiary/aromatic N) is 3. The lowest BCUT2D eigenvalue weighted by molar-refractivity contribution is -0.0197. The van der Waals surface area contributed by atoms with Gasteiger partial charge in [0.2, 0.25) is 6.23 Å². The molecule has 4 nitrogen and oxygen atoms in total. The van der Waals surface area contributed by atoms with E-state index in [-0.39, 0.29) is 12.3 Å². The number of aromatic nitrogens is 1. The molecular weight excluding hydrogens is 482 g/mol. The summed E-state index contributed by atoms with van der Waals surface area (Å²) in [5.74, 6) is 0.881. The standard InChI is InChI=1S/C22H17Br2N3O/c1-13-2-4-14(5-3-13)19-12-20-17-10-16(23)11-18(24)21(17)28-22(27(20)26-19)15-6-8-25-9-7-15/h2-11,20,22H,12H2,1H3/t20-,22-/m0/s1. The monoisotopic (exact) mass is 497 g/mol. The van der Waals surface area contributed by atoms with Gasteiger partial charge >= 0.3 is 0 Å². The number of rotatable bonds is 2. The van der Waals surface area contributed by atoms with Gasteiger partial charge in [0.1, 0.15) is 5.75 Å². The average molecular weight is 499 g/mol. The van der Waals surface area contributed by atoms with Gasteiger partial charge in [-0.15, -0.1) is 0 Å². The molecule has 0 fully saturated rings. The summed E-state index contributed by atoms with van der Waals surface area (Å²) in [6.07, 6.45) is 4.13. The third-order valence-electron chi connectivity index (χ3n) is 5.18. The molecule has 6 heteroatoms. The Kier molecular flexibility index (Phi) is 4.48. The molecule has 0 saturated heterocycles. The van der Waals surface area contributed by atoms with E-state index in [0.29, 0.717) is 0 Å². The largest absolute Gasteiger partial charge is 0.463 e. The van der Waals surface area contributed by atoms with Gasteiger partial charge in [0.25, 0.3) is 0 Å². The summed E-state index contributed by atoms with van der Waals surface area (Å²) in [4.78, 5) is 4.14. The molecule has 5 rings (SSSR count). The molecule has 0 aliphatic carbocycles. The van der Waals surface area contributed by atoms with Gasteiger partial charge in [-0.1, -0.05) is 45.8 Å². The van der Waals surface area contributed by atoms with Crippen LogP contribution in [0.4, 0.5) is 0 Å². The van der Waals surface area contributed by atoms with Crippen LogP contribution < -0.4 is 4.74 Å². The van der Waals surface area contributed by atoms with E-state index in [1.165, 1.54) is 5.56 Å². The van der Waals surface area contributed by atoms with Gasteiger partial charge in [-0.05, 0) is 52.7 Å². The van der Waals surface area contributed by atoms with E-state index in [0.717, 1.165) is 43.5 Å². The third kappa shape index (κ3) is 3.05. The Hall–Kier alpha value is -2.18. The predicted molar refractivity (Wildman–Crippen MR) is 116 cm³/mol. The predicted octanol–water partition coefficient (Wildman–Crippen LogP) is 6.16. The van der Waals surface area contributed by atoms with Crippen molar-refractivity contribution in [1.82, 2.24) is 9.99 Å². The highest BCUT2D eigenvalue weighted by Crippen LogP contribution is 2.50. The second kappa shape index (κ2) is 7.01. The van der Waals surface area contributed by atoms with Crippen molar-refractivity contribution >= 4 is 37.6 Å². The molecule has 2 aliphatic rings. The van der Waals surface area contributed by atoms with Crippen molar-refractivity contribution in [2.75, 3.05) is 0 Å². The van der Waals surface area contributed by atoms with Crippen LogP contribution in [0.5, 0.6) is 5.75 Å². The van der Waals surface area contributed by atoms with E-state index in [4.69, 9.17) is 9.84 Å². The van der Waals surface area contributed by atoms with Crippen molar-refractivity contribution < 1.29 is 4.74 Å². The van der Waals surface area contributed by atoms with Crippen molar-refractivity contribution in [2.45, 2.75) is 25.6 Å². The number of ether oxygens (including phenoxy) is 1. The normalized spacial score (nSPS) is 20.2. The van der Waals surface area contributed by atoms with Crippen LogP contribution in [0.25, 0.3) is 0 Å². The lowest BCUT2D eigenvalue weighted by Gasteiger charge is -2.38. The smallest absolute Gasteiger partial charge is 0.214 e. The summed E-state index contributed by atoms with van der Waals surface area (Å²) in [5, 5.41) is 7.09. The SMILES string of the molecule is Cc1ccc(C2=NN3[C@@H](C2)c2cc(Br)cc(Br)c2O[C@H]3c2ccncc2)cc1. The fourth-order valence-electron chi connectivity index (χ4n) is 3.78. The fourth-order valence-corrected chi connectivity index (χ4v) is 5.13. The number of benzene rings is 2. The van der Waals surface area contributed by atoms with E-state index in [2.05, 4.69) is 79.1 Å². The van der Waals surface area contributed by atoms with Crippen LogP contribution in [0.15, 0.2) is 75.0 Å². The number of hydrazone groups is 1. The zero-order chi connectivity index (χ0) is 19.3. The molecule has 0 radical (unpaired) electrons. The highest BCUT2D eigenvalue weighted by molar-refractivity contribution is 9.11. The molecule has 0 amide bonds. The Morgan fingerprint density at radius 2 is 1.79 bits per heavy atom. The number of hydrogen-bond acceptors (Lipinski definition) is 4. The van der Waals surface area contributed by atoms with Crippen molar-refractivity contribution in [3.63, 3.8) is 0 Å². The Bertz CT molecular complexity index is 1070. The molecule has 0 unspecified atom stereocenters. The first-order chi connectivity index (χ1) is 13.6. The maximum absolute atomic E-state index is 6.44. The molecule has 3 heterocycles. The van der Waals surface area contributed by atoms with Crippen LogP contribution in [-0.2, 0) is 0 Å². The summed E-state index contributed by atoms with van der Waals surface area (Å²) < 4.78 is 8.41. The summed E-state index contributed by atoms with van der Waals surface area (Å²) in [6.45, 7) is 2.10. The van der Waals surface area contributed by atoms with E-state index in [1.54, 1.807) is 12.4 Å². The van der Waals surface area contributed by atoms with E-state index in [1.807, 2.05) is 18.2 Å². The summed E-state index contributed by atoms with van der Waals surface area (Å²) >= 11 is 7.29. The molecular formula is C22H17Br2N3O. The van der Waals surface area contributed by atoms with E-state index >= 15 is 0 Å². The third-order valence-corrected chi connectivity index (χ3v) is 6.23. The Morgan fingerprint density at radius 1 is 1.04 bits per heavy atom. The van der Waals surface area contributed by atoms with E-state index < -0.39 is 0 Å². The summed E-state index contributed by atoms with van der Waals surface area (Å²) in [6, 6.07) is 16.8. The maximum atomic E-state index is 6.44. The molecule has 2 aliphatic heterocycles. The van der Waals surface area contributed by atoms with Gasteiger partial charge in [0.05, 0.1) is 16.2 Å². The molecule has 3 aromatic rings. The zero-order valence-corrected chi connectivity index (χ0v) is 18.3. The maximum Gasteiger partial charge on any atom is 0.214 e. The minimum atomic E-state index is -0.291. The van der Waals surface area contributed by atoms with E-state index in [9.17, 15) is 0 Å². The van der Waals surface area contributed by atoms with Crippen LogP contribution in [-0.4, -0.2) is 15.7 Å². The van der Waals surface area contributed by atoms with Crippen molar-refractivity contribution in [3.05, 3.63) is 92.1 Å². The van der Waals surface area contributed by atoms with Gasteiger partial charge < -0.3 is 4.74 Å². The minimum absolute atomic E-state index is 0.118. The van der Waals surface area contributed by atoms with Gasteiger partial charge in [0.15, 0.2) is 0 Å². The molecule has 2 aromatic carbocycles. The molecule has 140 valence electrons. The first-order valence-corrected chi connectivity index (χ1v) is 10.7. The Balaban J connectivity index is 1.63. The molecule has 28 heavy (non-hydrogen) atoms.